The van der Waals surface area contributed by atoms with Crippen LogP contribution >= 0.6 is 11.6 Å². The molecule has 2 nitrogen and oxygen atoms in total. The number of nitrogens with zero attached hydrogens (tertiary/aromatic N) is 1. The molecule has 0 unspecified atom stereocenters. The van der Waals surface area contributed by atoms with Gasteiger partial charge in [0.2, 0.25) is 0 Å². The van der Waals surface area contributed by atoms with Gasteiger partial charge in [-0.25, -0.2) is 0 Å². The maximum Gasteiger partial charge on any atom is 0.0642 e. The number of rotatable bonds is 5. The minimum Gasteiger partial charge on any atom is -0.373 e. The summed E-state index contributed by atoms with van der Waals surface area (Å²) in [7, 11) is 2.08. The highest BCUT2D eigenvalue weighted by molar-refractivity contribution is 6.33. The molecule has 0 aliphatic rings. The smallest absolute Gasteiger partial charge is 0.0642 e. The predicted molar refractivity (Wildman–Crippen MR) is 72.1 cm³/mol. The summed E-state index contributed by atoms with van der Waals surface area (Å²) in [4.78, 5) is 2.20. The van der Waals surface area contributed by atoms with E-state index in [0.29, 0.717) is 12.5 Å². The Kier molecular flexibility index (Phi) is 5.10. The maximum absolute atomic E-state index is 6.22. The van der Waals surface area contributed by atoms with Crippen molar-refractivity contribution in [3.05, 3.63) is 28.8 Å². The number of nitrogens with two attached hydrogens (primary N) is 1. The number of hydrogen-bond donors (Lipinski definition) is 1. The molecule has 0 atom stereocenters. The summed E-state index contributed by atoms with van der Waals surface area (Å²) in [5, 5.41) is 0.786. The van der Waals surface area contributed by atoms with E-state index in [-0.39, 0.29) is 0 Å². The average molecular weight is 241 g/mol. The Labute approximate surface area is 103 Å². The fourth-order valence-electron chi connectivity index (χ4n) is 1.56. The summed E-state index contributed by atoms with van der Waals surface area (Å²) in [6.07, 6.45) is 1.17. The van der Waals surface area contributed by atoms with E-state index >= 15 is 0 Å². The van der Waals surface area contributed by atoms with Crippen molar-refractivity contribution >= 4 is 17.3 Å². The number of halogens is 1. The van der Waals surface area contributed by atoms with Crippen molar-refractivity contribution in [1.29, 1.82) is 0 Å². The van der Waals surface area contributed by atoms with Gasteiger partial charge in [0, 0.05) is 20.1 Å². The third kappa shape index (κ3) is 3.69. The molecule has 0 saturated heterocycles. The number of anilines is 1. The first-order chi connectivity index (χ1) is 7.54. The topological polar surface area (TPSA) is 29.3 Å². The first-order valence-electron chi connectivity index (χ1n) is 5.74. The van der Waals surface area contributed by atoms with Crippen LogP contribution in [0, 0.1) is 5.92 Å². The summed E-state index contributed by atoms with van der Waals surface area (Å²) < 4.78 is 0. The standard InChI is InChI=1S/C13H21ClN2/c1-10(2)6-7-16(3)13-5-4-11(9-15)8-12(13)14/h4-5,8,10H,6-7,9,15H2,1-3H3. The van der Waals surface area contributed by atoms with E-state index in [9.17, 15) is 0 Å². The number of hydrogen-bond acceptors (Lipinski definition) is 2. The zero-order valence-electron chi connectivity index (χ0n) is 10.3. The van der Waals surface area contributed by atoms with Gasteiger partial charge in [0.05, 0.1) is 10.7 Å². The lowest BCUT2D eigenvalue weighted by molar-refractivity contribution is 0.585. The summed E-state index contributed by atoms with van der Waals surface area (Å²) in [6, 6.07) is 6.03. The van der Waals surface area contributed by atoms with Gasteiger partial charge in [-0.3, -0.25) is 0 Å². The Morgan fingerprint density at radius 1 is 1.38 bits per heavy atom. The van der Waals surface area contributed by atoms with Gasteiger partial charge >= 0.3 is 0 Å². The zero-order chi connectivity index (χ0) is 12.1. The normalized spacial score (nSPS) is 10.9. The lowest BCUT2D eigenvalue weighted by Gasteiger charge is -2.22. The molecular weight excluding hydrogens is 220 g/mol. The van der Waals surface area contributed by atoms with Crippen LogP contribution in [-0.2, 0) is 6.54 Å². The highest BCUT2D eigenvalue weighted by atomic mass is 35.5. The fourth-order valence-corrected chi connectivity index (χ4v) is 1.91. The number of benzene rings is 1. The maximum atomic E-state index is 6.22. The molecule has 0 bridgehead atoms. The SMILES string of the molecule is CC(C)CCN(C)c1ccc(CN)cc1Cl. The molecule has 0 heterocycles. The summed E-state index contributed by atoms with van der Waals surface area (Å²) >= 11 is 6.22. The molecule has 0 spiro atoms. The molecule has 0 radical (unpaired) electrons. The molecule has 0 amide bonds. The summed E-state index contributed by atoms with van der Waals surface area (Å²) in [6.45, 7) is 6.02. The van der Waals surface area contributed by atoms with Crippen LogP contribution in [0.3, 0.4) is 0 Å². The van der Waals surface area contributed by atoms with Crippen LogP contribution < -0.4 is 10.6 Å². The Bertz CT molecular complexity index is 337. The van der Waals surface area contributed by atoms with Gasteiger partial charge in [-0.1, -0.05) is 31.5 Å². The van der Waals surface area contributed by atoms with Crippen molar-refractivity contribution in [2.75, 3.05) is 18.5 Å². The molecule has 1 aromatic carbocycles. The predicted octanol–water partition coefficient (Wildman–Crippen LogP) is 3.28. The van der Waals surface area contributed by atoms with Crippen LogP contribution in [0.2, 0.25) is 5.02 Å². The minimum atomic E-state index is 0.537. The van der Waals surface area contributed by atoms with E-state index in [4.69, 9.17) is 17.3 Å². The van der Waals surface area contributed by atoms with E-state index in [0.717, 1.165) is 22.8 Å². The third-order valence-corrected chi connectivity index (χ3v) is 3.00. The highest BCUT2D eigenvalue weighted by Crippen LogP contribution is 2.26. The monoisotopic (exact) mass is 240 g/mol. The lowest BCUT2D eigenvalue weighted by atomic mass is 10.1. The first-order valence-corrected chi connectivity index (χ1v) is 6.12. The Balaban J connectivity index is 2.71. The lowest BCUT2D eigenvalue weighted by Crippen LogP contribution is -2.20. The molecule has 0 aliphatic heterocycles. The van der Waals surface area contributed by atoms with Crippen LogP contribution in [0.1, 0.15) is 25.8 Å². The van der Waals surface area contributed by atoms with Gasteiger partial charge in [-0.05, 0) is 30.0 Å². The van der Waals surface area contributed by atoms with E-state index in [1.54, 1.807) is 0 Å². The van der Waals surface area contributed by atoms with Crippen molar-refractivity contribution in [3.8, 4) is 0 Å². The molecule has 0 aliphatic carbocycles. The second-order valence-electron chi connectivity index (χ2n) is 4.59. The van der Waals surface area contributed by atoms with Crippen LogP contribution in [-0.4, -0.2) is 13.6 Å². The van der Waals surface area contributed by atoms with Gasteiger partial charge in [0.25, 0.3) is 0 Å². The summed E-state index contributed by atoms with van der Waals surface area (Å²) in [5.41, 5.74) is 7.73. The second-order valence-corrected chi connectivity index (χ2v) is 5.00. The van der Waals surface area contributed by atoms with Gasteiger partial charge in [0.15, 0.2) is 0 Å². The van der Waals surface area contributed by atoms with Crippen LogP contribution in [0.15, 0.2) is 18.2 Å². The third-order valence-electron chi connectivity index (χ3n) is 2.70. The molecule has 0 fully saturated rings. The quantitative estimate of drug-likeness (QED) is 0.856. The van der Waals surface area contributed by atoms with Crippen molar-refractivity contribution in [3.63, 3.8) is 0 Å². The van der Waals surface area contributed by atoms with Gasteiger partial charge in [-0.2, -0.15) is 0 Å². The molecule has 0 aromatic heterocycles. The molecule has 0 saturated carbocycles. The molecule has 3 heteroatoms. The van der Waals surface area contributed by atoms with Crippen LogP contribution in [0.25, 0.3) is 0 Å². The van der Waals surface area contributed by atoms with Crippen molar-refractivity contribution in [2.45, 2.75) is 26.8 Å². The molecule has 1 aromatic rings. The van der Waals surface area contributed by atoms with E-state index in [1.165, 1.54) is 6.42 Å². The largest absolute Gasteiger partial charge is 0.373 e. The van der Waals surface area contributed by atoms with E-state index in [1.807, 2.05) is 18.2 Å². The molecule has 90 valence electrons. The van der Waals surface area contributed by atoms with Crippen LogP contribution in [0.4, 0.5) is 5.69 Å². The Morgan fingerprint density at radius 3 is 2.56 bits per heavy atom. The van der Waals surface area contributed by atoms with Crippen molar-refractivity contribution in [2.24, 2.45) is 11.7 Å². The van der Waals surface area contributed by atoms with Crippen molar-refractivity contribution in [1.82, 2.24) is 0 Å². The van der Waals surface area contributed by atoms with E-state index in [2.05, 4.69) is 25.8 Å². The van der Waals surface area contributed by atoms with Gasteiger partial charge in [0.1, 0.15) is 0 Å². The summed E-state index contributed by atoms with van der Waals surface area (Å²) in [5.74, 6) is 0.713. The Hall–Kier alpha value is -0.730. The average Bonchev–Trinajstić information content (AvgIpc) is 2.25. The van der Waals surface area contributed by atoms with Gasteiger partial charge in [-0.15, -0.1) is 0 Å². The first kappa shape index (κ1) is 13.3. The molecule has 16 heavy (non-hydrogen) atoms. The van der Waals surface area contributed by atoms with Crippen LogP contribution in [0.5, 0.6) is 0 Å². The molecule has 1 rings (SSSR count). The highest BCUT2D eigenvalue weighted by Gasteiger charge is 2.07. The minimum absolute atomic E-state index is 0.537. The Morgan fingerprint density at radius 2 is 2.06 bits per heavy atom. The van der Waals surface area contributed by atoms with E-state index < -0.39 is 0 Å². The molecular formula is C13H21ClN2. The fraction of sp³-hybridized carbons (Fsp3) is 0.538. The van der Waals surface area contributed by atoms with Gasteiger partial charge < -0.3 is 10.6 Å². The zero-order valence-corrected chi connectivity index (χ0v) is 11.1. The molecule has 2 N–H and O–H groups in total. The van der Waals surface area contributed by atoms with Crippen molar-refractivity contribution < 1.29 is 0 Å². The second kappa shape index (κ2) is 6.12.